The minimum atomic E-state index is -0.389. The van der Waals surface area contributed by atoms with E-state index in [1.54, 1.807) is 18.3 Å². The Bertz CT molecular complexity index is 1470. The summed E-state index contributed by atoms with van der Waals surface area (Å²) < 4.78 is 20.3. The molecule has 1 saturated heterocycles. The molecule has 2 atom stereocenters. The summed E-state index contributed by atoms with van der Waals surface area (Å²) in [6.45, 7) is 3.18. The normalized spacial score (nSPS) is 18.6. The molecule has 214 valence electrons. The summed E-state index contributed by atoms with van der Waals surface area (Å²) in [6.07, 6.45) is 4.08. The number of Topliss-reactive ketones (excluding diaryl/α,β-unsaturated/α-hetero) is 2. The molecule has 0 spiro atoms. The number of piperidine rings is 1. The third-order valence-corrected chi connectivity index (χ3v) is 8.13. The summed E-state index contributed by atoms with van der Waals surface area (Å²) in [5, 5.41) is 9.24. The number of ether oxygens (including phenoxy) is 1. The van der Waals surface area contributed by atoms with Crippen LogP contribution in [0.4, 0.5) is 4.39 Å². The topological polar surface area (TPSA) is 92.1 Å². The maximum absolute atomic E-state index is 14.8. The van der Waals surface area contributed by atoms with E-state index in [1.165, 1.54) is 13.2 Å². The molecule has 1 aromatic heterocycles. The number of nitrogens with zero attached hydrogens (tertiary/aromatic N) is 3. The third kappa shape index (κ3) is 6.44. The fourth-order valence-electron chi connectivity index (χ4n) is 6.02. The number of aliphatic hydroxyl groups is 1. The van der Waals surface area contributed by atoms with E-state index in [4.69, 9.17) is 9.73 Å². The number of methoxy groups -OCH3 is 1. The molecule has 8 heteroatoms. The summed E-state index contributed by atoms with van der Waals surface area (Å²) in [6, 6.07) is 14.1. The van der Waals surface area contributed by atoms with E-state index >= 15 is 0 Å². The Morgan fingerprint density at radius 1 is 1.15 bits per heavy atom. The maximum atomic E-state index is 14.8. The minimum absolute atomic E-state index is 0.0198. The van der Waals surface area contributed by atoms with Crippen molar-refractivity contribution in [2.75, 3.05) is 20.3 Å². The number of carbonyl (C=O) groups excluding carboxylic acids is 2. The van der Waals surface area contributed by atoms with Crippen LogP contribution in [-0.2, 0) is 17.9 Å². The Labute approximate surface area is 240 Å². The van der Waals surface area contributed by atoms with E-state index in [0.717, 1.165) is 34.5 Å². The second-order valence-corrected chi connectivity index (χ2v) is 11.0. The van der Waals surface area contributed by atoms with Gasteiger partial charge in [0.05, 0.1) is 25.4 Å². The number of aromatic nitrogens is 1. The second kappa shape index (κ2) is 12.8. The van der Waals surface area contributed by atoms with Crippen molar-refractivity contribution in [3.63, 3.8) is 0 Å². The molecule has 2 aliphatic rings. The summed E-state index contributed by atoms with van der Waals surface area (Å²) >= 11 is 0. The highest BCUT2D eigenvalue weighted by Gasteiger charge is 2.34. The van der Waals surface area contributed by atoms with Gasteiger partial charge < -0.3 is 9.84 Å². The van der Waals surface area contributed by atoms with Crippen LogP contribution in [0, 0.1) is 18.7 Å². The van der Waals surface area contributed by atoms with Crippen LogP contribution in [0.25, 0.3) is 0 Å². The molecule has 41 heavy (non-hydrogen) atoms. The van der Waals surface area contributed by atoms with Crippen molar-refractivity contribution in [2.24, 2.45) is 10.9 Å². The standard InChI is InChI=1S/C33H36FN3O4/c1-21-15-24(12-13-35-21)33-26-17-23(9-10-25(26)18-36-33)31(40)16-22-8-11-29(30(39)6-4-14-38)37(19-22)20-27-28(34)5-3-7-32(27)41-2/h3,5,7,9-10,12-13,15,17,22,29,38H,4,6,8,11,14,16,18-20H2,1-2H3/t22-,29-/m0/s1. The first-order valence-electron chi connectivity index (χ1n) is 14.2. The van der Waals surface area contributed by atoms with Crippen molar-refractivity contribution in [2.45, 2.75) is 58.2 Å². The van der Waals surface area contributed by atoms with Crippen LogP contribution in [0.1, 0.15) is 70.4 Å². The van der Waals surface area contributed by atoms with Crippen LogP contribution in [0.3, 0.4) is 0 Å². The molecule has 2 aliphatic heterocycles. The number of pyridine rings is 1. The van der Waals surface area contributed by atoms with E-state index in [2.05, 4.69) is 4.98 Å². The molecule has 1 fully saturated rings. The number of aliphatic imine (C=N–C) groups is 1. The largest absolute Gasteiger partial charge is 0.496 e. The summed E-state index contributed by atoms with van der Waals surface area (Å²) in [5.74, 6) is 0.152. The molecule has 1 N–H and O–H groups in total. The van der Waals surface area contributed by atoms with Gasteiger partial charge in [0.1, 0.15) is 17.3 Å². The van der Waals surface area contributed by atoms with Gasteiger partial charge in [0.2, 0.25) is 0 Å². The fourth-order valence-corrected chi connectivity index (χ4v) is 6.02. The number of aliphatic hydroxyl groups excluding tert-OH is 1. The summed E-state index contributed by atoms with van der Waals surface area (Å²) in [5.41, 5.74) is 5.90. The Kier molecular flexibility index (Phi) is 9.00. The van der Waals surface area contributed by atoms with Gasteiger partial charge in [-0.25, -0.2) is 4.39 Å². The van der Waals surface area contributed by atoms with E-state index in [-0.39, 0.29) is 48.9 Å². The van der Waals surface area contributed by atoms with Crippen LogP contribution < -0.4 is 4.74 Å². The first kappa shape index (κ1) is 28.8. The van der Waals surface area contributed by atoms with Crippen molar-refractivity contribution in [1.29, 1.82) is 0 Å². The zero-order chi connectivity index (χ0) is 28.9. The SMILES string of the molecule is COc1cccc(F)c1CN1C[C@H](CC(=O)c2ccc3c(c2)C(c2ccnc(C)c2)=NC3)CC[C@H]1C(=O)CCCO. The van der Waals surface area contributed by atoms with Crippen molar-refractivity contribution in [3.05, 3.63) is 94.1 Å². The Hall–Kier alpha value is -3.75. The predicted octanol–water partition coefficient (Wildman–Crippen LogP) is 5.08. The van der Waals surface area contributed by atoms with Crippen LogP contribution in [0.2, 0.25) is 0 Å². The van der Waals surface area contributed by atoms with Crippen LogP contribution in [0.5, 0.6) is 5.75 Å². The van der Waals surface area contributed by atoms with E-state index in [9.17, 15) is 19.1 Å². The maximum Gasteiger partial charge on any atom is 0.163 e. The number of hydrogen-bond acceptors (Lipinski definition) is 7. The van der Waals surface area contributed by atoms with Crippen molar-refractivity contribution in [1.82, 2.24) is 9.88 Å². The molecular formula is C33H36FN3O4. The van der Waals surface area contributed by atoms with Gasteiger partial charge in [-0.05, 0) is 68.0 Å². The molecule has 0 aliphatic carbocycles. The smallest absolute Gasteiger partial charge is 0.163 e. The van der Waals surface area contributed by atoms with Crippen molar-refractivity contribution in [3.8, 4) is 5.75 Å². The highest BCUT2D eigenvalue weighted by atomic mass is 19.1. The summed E-state index contributed by atoms with van der Waals surface area (Å²) in [7, 11) is 1.50. The molecular weight excluding hydrogens is 521 g/mol. The Balaban J connectivity index is 1.33. The zero-order valence-electron chi connectivity index (χ0n) is 23.6. The quantitative estimate of drug-likeness (QED) is 0.331. The van der Waals surface area contributed by atoms with Crippen molar-refractivity contribution < 1.29 is 23.8 Å². The van der Waals surface area contributed by atoms with Gasteiger partial charge in [-0.2, -0.15) is 0 Å². The molecule has 7 nitrogen and oxygen atoms in total. The highest BCUT2D eigenvalue weighted by Crippen LogP contribution is 2.32. The lowest BCUT2D eigenvalue weighted by molar-refractivity contribution is -0.126. The number of benzene rings is 2. The monoisotopic (exact) mass is 557 g/mol. The number of carbonyl (C=O) groups is 2. The second-order valence-electron chi connectivity index (χ2n) is 11.0. The molecule has 2 aromatic carbocycles. The fraction of sp³-hybridized carbons (Fsp3) is 0.394. The molecule has 0 saturated carbocycles. The van der Waals surface area contributed by atoms with Gasteiger partial charge in [0, 0.05) is 66.7 Å². The van der Waals surface area contributed by atoms with Crippen molar-refractivity contribution >= 4 is 17.3 Å². The lowest BCUT2D eigenvalue weighted by Gasteiger charge is -2.39. The third-order valence-electron chi connectivity index (χ3n) is 8.13. The Morgan fingerprint density at radius 3 is 2.78 bits per heavy atom. The average Bonchev–Trinajstić information content (AvgIpc) is 3.40. The first-order valence-corrected chi connectivity index (χ1v) is 14.2. The van der Waals surface area contributed by atoms with Gasteiger partial charge >= 0.3 is 0 Å². The zero-order valence-corrected chi connectivity index (χ0v) is 23.6. The van der Waals surface area contributed by atoms with Gasteiger partial charge in [-0.1, -0.05) is 18.2 Å². The highest BCUT2D eigenvalue weighted by molar-refractivity contribution is 6.16. The average molecular weight is 558 g/mol. The van der Waals surface area contributed by atoms with Gasteiger partial charge in [-0.15, -0.1) is 0 Å². The number of rotatable bonds is 11. The van der Waals surface area contributed by atoms with Crippen LogP contribution in [-0.4, -0.2) is 58.6 Å². The molecule has 0 unspecified atom stereocenters. The minimum Gasteiger partial charge on any atom is -0.496 e. The lowest BCUT2D eigenvalue weighted by Crippen LogP contribution is -2.47. The number of hydrogen-bond donors (Lipinski definition) is 1. The molecule has 3 aromatic rings. The Morgan fingerprint density at radius 2 is 2.00 bits per heavy atom. The van der Waals surface area contributed by atoms with Crippen LogP contribution in [0.15, 0.2) is 59.7 Å². The van der Waals surface area contributed by atoms with Gasteiger partial charge in [0.15, 0.2) is 5.78 Å². The molecule has 5 rings (SSSR count). The molecule has 0 bridgehead atoms. The number of halogens is 1. The number of aryl methyl sites for hydroxylation is 1. The number of ketones is 2. The van der Waals surface area contributed by atoms with E-state index < -0.39 is 0 Å². The molecule has 3 heterocycles. The number of likely N-dealkylation sites (tertiary alicyclic amines) is 1. The van der Waals surface area contributed by atoms with Gasteiger partial charge in [0.25, 0.3) is 0 Å². The van der Waals surface area contributed by atoms with Gasteiger partial charge in [-0.3, -0.25) is 24.5 Å². The first-order chi connectivity index (χ1) is 19.9. The lowest BCUT2D eigenvalue weighted by atomic mass is 9.85. The number of fused-ring (bicyclic) bond motifs is 1. The molecule has 0 amide bonds. The predicted molar refractivity (Wildman–Crippen MR) is 155 cm³/mol. The summed E-state index contributed by atoms with van der Waals surface area (Å²) in [4.78, 5) is 37.6. The van der Waals surface area contributed by atoms with E-state index in [0.29, 0.717) is 49.2 Å². The molecule has 0 radical (unpaired) electrons. The van der Waals surface area contributed by atoms with Crippen LogP contribution >= 0.6 is 0 Å². The van der Waals surface area contributed by atoms with E-state index in [1.807, 2.05) is 42.2 Å².